The molecule has 1 unspecified atom stereocenters. The van der Waals surface area contributed by atoms with Gasteiger partial charge in [0.05, 0.1) is 17.4 Å². The number of allylic oxidation sites excluding steroid dienone is 4. The Morgan fingerprint density at radius 3 is 2.31 bits per heavy atom. The average molecular weight is 615 g/mol. The molecule has 1 aromatic rings. The smallest absolute Gasteiger partial charge is 0.162 e. The zero-order chi connectivity index (χ0) is 31.2. The Labute approximate surface area is 269 Å². The minimum absolute atomic E-state index is 0.0265. The maximum atomic E-state index is 14.7. The van der Waals surface area contributed by atoms with Gasteiger partial charge in [0.1, 0.15) is 5.75 Å². The number of aliphatic hydroxyl groups excluding tert-OH is 1. The molecule has 4 saturated carbocycles. The predicted molar refractivity (Wildman–Crippen MR) is 177 cm³/mol. The summed E-state index contributed by atoms with van der Waals surface area (Å²) < 4.78 is 0. The SMILES string of the molecule is C[C@]12CC[C@H]3[C@]4(C=C[C@@]5(C=C4C(=O)C4CCCCC4)CC(O)CC[C@]35C)[C@@H]1CC[C@@]2(O)CN1CCN(c2ccccc2O)CC1. The van der Waals surface area contributed by atoms with Crippen molar-refractivity contribution in [3.05, 3.63) is 48.1 Å². The Bertz CT molecular complexity index is 1410. The molecule has 6 nitrogen and oxygen atoms in total. The van der Waals surface area contributed by atoms with Crippen LogP contribution in [0.3, 0.4) is 0 Å². The predicted octanol–water partition coefficient (Wildman–Crippen LogP) is 6.25. The van der Waals surface area contributed by atoms with Crippen LogP contribution in [0.2, 0.25) is 0 Å². The van der Waals surface area contributed by atoms with Crippen LogP contribution >= 0.6 is 0 Å². The normalized spacial score (nSPS) is 44.7. The molecule has 8 atom stereocenters. The van der Waals surface area contributed by atoms with Gasteiger partial charge in [0.2, 0.25) is 0 Å². The lowest BCUT2D eigenvalue weighted by Crippen LogP contribution is -2.67. The van der Waals surface area contributed by atoms with Gasteiger partial charge in [-0.25, -0.2) is 0 Å². The molecule has 2 spiro atoms. The Balaban J connectivity index is 1.11. The average Bonchev–Trinajstić information content (AvgIpc) is 3.31. The van der Waals surface area contributed by atoms with E-state index in [1.165, 1.54) is 6.42 Å². The van der Waals surface area contributed by atoms with E-state index in [1.807, 2.05) is 18.2 Å². The summed E-state index contributed by atoms with van der Waals surface area (Å²) in [6.07, 6.45) is 18.9. The van der Waals surface area contributed by atoms with Gasteiger partial charge in [-0.1, -0.05) is 63.5 Å². The van der Waals surface area contributed by atoms with Crippen LogP contribution < -0.4 is 4.90 Å². The minimum atomic E-state index is -0.809. The summed E-state index contributed by atoms with van der Waals surface area (Å²) in [4.78, 5) is 19.4. The molecule has 1 aromatic carbocycles. The lowest BCUT2D eigenvalue weighted by atomic mass is 9.32. The first-order chi connectivity index (χ1) is 21.6. The molecule has 45 heavy (non-hydrogen) atoms. The van der Waals surface area contributed by atoms with Crippen LogP contribution in [0, 0.1) is 39.4 Å². The number of phenolic OH excluding ortho intramolecular Hbond substituents is 1. The van der Waals surface area contributed by atoms with Gasteiger partial charge in [0.25, 0.3) is 0 Å². The molecule has 0 radical (unpaired) electrons. The second-order valence-electron chi connectivity index (χ2n) is 16.8. The number of β-amino-alcohol motifs (C(OH)–C–C–N with tert-alkyl or cyclic N) is 1. The van der Waals surface area contributed by atoms with E-state index in [2.05, 4.69) is 41.9 Å². The van der Waals surface area contributed by atoms with Crippen LogP contribution in [0.5, 0.6) is 5.75 Å². The van der Waals surface area contributed by atoms with Crippen LogP contribution in [0.25, 0.3) is 0 Å². The number of benzene rings is 1. The van der Waals surface area contributed by atoms with Crippen molar-refractivity contribution >= 4 is 11.5 Å². The highest BCUT2D eigenvalue weighted by molar-refractivity contribution is 6.00. The van der Waals surface area contributed by atoms with Gasteiger partial charge in [-0.3, -0.25) is 9.69 Å². The Hall–Kier alpha value is -2.15. The number of aliphatic hydroxyl groups is 2. The molecule has 2 bridgehead atoms. The molecule has 1 heterocycles. The fourth-order valence-electron chi connectivity index (χ4n) is 12.5. The summed E-state index contributed by atoms with van der Waals surface area (Å²) in [5.41, 5.74) is 0.335. The number of carbonyl (C=O) groups is 1. The standard InChI is InChI=1S/C39H54N2O4/c1-35-15-12-28(42)24-37(35)18-19-39(29(25-37)34(44)27-8-4-3-5-9-27)32(35)13-16-36(2)33(39)14-17-38(36,45)26-40-20-22-41(23-21-40)30-10-6-7-11-31(30)43/h6-7,10-11,18-19,25,27-28,32-33,42-43,45H,3-5,8-9,12-17,20-24,26H2,1-2H3/t28?,32-,33-,35-,36+,37+,38-,39-/m1/s1. The van der Waals surface area contributed by atoms with E-state index in [0.717, 1.165) is 108 Å². The van der Waals surface area contributed by atoms with Gasteiger partial charge in [-0.2, -0.15) is 0 Å². The summed E-state index contributed by atoms with van der Waals surface area (Å²) in [5, 5.41) is 34.2. The first kappa shape index (κ1) is 30.2. The number of fused-ring (bicyclic) bond motifs is 1. The molecule has 244 valence electrons. The topological polar surface area (TPSA) is 84.2 Å². The van der Waals surface area contributed by atoms with Crippen molar-refractivity contribution in [2.24, 2.45) is 39.4 Å². The lowest BCUT2D eigenvalue weighted by Gasteiger charge is -2.71. The fourth-order valence-corrected chi connectivity index (χ4v) is 12.5. The first-order valence-electron chi connectivity index (χ1n) is 18.2. The van der Waals surface area contributed by atoms with E-state index in [4.69, 9.17) is 0 Å². The molecule has 7 aliphatic carbocycles. The number of carbonyl (C=O) groups excluding carboxylic acids is 1. The molecular formula is C39H54N2O4. The third kappa shape index (κ3) is 4.13. The largest absolute Gasteiger partial charge is 0.506 e. The monoisotopic (exact) mass is 614 g/mol. The Kier molecular flexibility index (Phi) is 7.00. The third-order valence-electron chi connectivity index (χ3n) is 15.0. The van der Waals surface area contributed by atoms with Gasteiger partial charge >= 0.3 is 0 Å². The number of hydrogen-bond acceptors (Lipinski definition) is 6. The minimum Gasteiger partial charge on any atom is -0.506 e. The van der Waals surface area contributed by atoms with Crippen molar-refractivity contribution in [1.82, 2.24) is 4.90 Å². The van der Waals surface area contributed by atoms with E-state index in [9.17, 15) is 20.1 Å². The number of piperazine rings is 1. The van der Waals surface area contributed by atoms with Gasteiger partial charge in [-0.15, -0.1) is 0 Å². The van der Waals surface area contributed by atoms with Crippen molar-refractivity contribution in [1.29, 1.82) is 0 Å². The van der Waals surface area contributed by atoms with Crippen LogP contribution in [0.15, 0.2) is 48.1 Å². The Morgan fingerprint density at radius 2 is 1.56 bits per heavy atom. The molecule has 8 aliphatic rings. The number of nitrogens with zero attached hydrogens (tertiary/aromatic N) is 2. The van der Waals surface area contributed by atoms with Crippen LogP contribution in [-0.4, -0.2) is 70.4 Å². The summed E-state index contributed by atoms with van der Waals surface area (Å²) in [7, 11) is 0. The lowest BCUT2D eigenvalue weighted by molar-refractivity contribution is -0.179. The summed E-state index contributed by atoms with van der Waals surface area (Å²) in [6.45, 7) is 8.90. The first-order valence-corrected chi connectivity index (χ1v) is 18.2. The number of para-hydroxylation sites is 2. The molecule has 0 amide bonds. The van der Waals surface area contributed by atoms with Gasteiger partial charge in [0.15, 0.2) is 5.78 Å². The van der Waals surface area contributed by atoms with E-state index in [1.54, 1.807) is 6.07 Å². The highest BCUT2D eigenvalue weighted by atomic mass is 16.3. The molecule has 6 heteroatoms. The van der Waals surface area contributed by atoms with Gasteiger partial charge in [-0.05, 0) is 87.2 Å². The number of anilines is 1. The molecular weight excluding hydrogens is 560 g/mol. The summed E-state index contributed by atoms with van der Waals surface area (Å²) >= 11 is 0. The highest BCUT2D eigenvalue weighted by Crippen LogP contribution is 2.78. The molecule has 1 saturated heterocycles. The number of hydrogen-bond donors (Lipinski definition) is 3. The van der Waals surface area contributed by atoms with E-state index < -0.39 is 5.60 Å². The van der Waals surface area contributed by atoms with Crippen molar-refractivity contribution in [3.8, 4) is 5.75 Å². The van der Waals surface area contributed by atoms with Crippen LogP contribution in [0.1, 0.15) is 90.9 Å². The molecule has 5 fully saturated rings. The van der Waals surface area contributed by atoms with Crippen molar-refractivity contribution in [3.63, 3.8) is 0 Å². The summed E-state index contributed by atoms with van der Waals surface area (Å²) in [5.74, 6) is 1.45. The maximum Gasteiger partial charge on any atom is 0.162 e. The number of phenols is 1. The Morgan fingerprint density at radius 1 is 0.867 bits per heavy atom. The zero-order valence-corrected chi connectivity index (χ0v) is 27.5. The van der Waals surface area contributed by atoms with E-state index in [-0.39, 0.29) is 39.6 Å². The quantitative estimate of drug-likeness (QED) is 0.340. The molecule has 0 aromatic heterocycles. The number of Topliss-reactive ketones (excluding diaryl/α,β-unsaturated/α-hetero) is 1. The van der Waals surface area contributed by atoms with Crippen molar-refractivity contribution in [2.45, 2.75) is 103 Å². The summed E-state index contributed by atoms with van der Waals surface area (Å²) in [6, 6.07) is 7.59. The second-order valence-corrected chi connectivity index (χ2v) is 16.8. The van der Waals surface area contributed by atoms with Gasteiger partial charge in [0, 0.05) is 60.5 Å². The van der Waals surface area contributed by atoms with E-state index in [0.29, 0.717) is 24.0 Å². The number of rotatable bonds is 5. The zero-order valence-electron chi connectivity index (χ0n) is 27.5. The number of ketones is 1. The molecule has 9 rings (SSSR count). The van der Waals surface area contributed by atoms with Crippen LogP contribution in [-0.2, 0) is 4.79 Å². The fraction of sp³-hybridized carbons (Fsp3) is 0.718. The van der Waals surface area contributed by atoms with E-state index >= 15 is 0 Å². The third-order valence-corrected chi connectivity index (χ3v) is 15.0. The molecule has 1 aliphatic heterocycles. The maximum absolute atomic E-state index is 14.7. The van der Waals surface area contributed by atoms with Crippen molar-refractivity contribution in [2.75, 3.05) is 37.6 Å². The van der Waals surface area contributed by atoms with Crippen molar-refractivity contribution < 1.29 is 20.1 Å². The number of aromatic hydroxyl groups is 1. The van der Waals surface area contributed by atoms with Gasteiger partial charge < -0.3 is 20.2 Å². The van der Waals surface area contributed by atoms with Crippen LogP contribution in [0.4, 0.5) is 5.69 Å². The second kappa shape index (κ2) is 10.4. The molecule has 3 N–H and O–H groups in total. The highest BCUT2D eigenvalue weighted by Gasteiger charge is 2.74.